The molecule has 128 valence electrons. The quantitative estimate of drug-likeness (QED) is 0.866. The minimum atomic E-state index is 0. The molecule has 0 bridgehead atoms. The minimum absolute atomic E-state index is 0. The monoisotopic (exact) mass is 337 g/mol. The molecular weight excluding hydrogens is 310 g/mol. The number of amides is 1. The molecule has 2 aliphatic rings. The first-order valence-electron chi connectivity index (χ1n) is 8.60. The number of benzene rings is 1. The maximum atomic E-state index is 12.3. The van der Waals surface area contributed by atoms with Gasteiger partial charge in [-0.05, 0) is 63.0 Å². The van der Waals surface area contributed by atoms with Crippen molar-refractivity contribution in [1.82, 2.24) is 15.5 Å². The maximum absolute atomic E-state index is 12.3. The van der Waals surface area contributed by atoms with Crippen LogP contribution in [0.3, 0.4) is 0 Å². The third-order valence-electron chi connectivity index (χ3n) is 4.87. The van der Waals surface area contributed by atoms with Crippen LogP contribution in [0.1, 0.15) is 36.8 Å². The Balaban J connectivity index is 0.00000192. The van der Waals surface area contributed by atoms with Crippen LogP contribution in [0, 0.1) is 5.92 Å². The van der Waals surface area contributed by atoms with E-state index >= 15 is 0 Å². The number of nitrogens with zero attached hydrogens (tertiary/aromatic N) is 1. The Morgan fingerprint density at radius 1 is 1.13 bits per heavy atom. The summed E-state index contributed by atoms with van der Waals surface area (Å²) in [7, 11) is 0. The smallest absolute Gasteiger partial charge is 0.223 e. The lowest BCUT2D eigenvalue weighted by Gasteiger charge is -2.22. The molecule has 2 fully saturated rings. The first-order chi connectivity index (χ1) is 10.8. The van der Waals surface area contributed by atoms with Crippen molar-refractivity contribution in [2.45, 2.75) is 38.8 Å². The number of nitrogens with one attached hydrogen (secondary N) is 2. The fourth-order valence-electron chi connectivity index (χ4n) is 3.48. The number of rotatable bonds is 5. The summed E-state index contributed by atoms with van der Waals surface area (Å²) in [5.74, 6) is 0.407. The van der Waals surface area contributed by atoms with Gasteiger partial charge in [0.15, 0.2) is 0 Å². The van der Waals surface area contributed by atoms with Gasteiger partial charge in [0.25, 0.3) is 0 Å². The zero-order valence-electron chi connectivity index (χ0n) is 13.7. The molecule has 23 heavy (non-hydrogen) atoms. The molecule has 0 unspecified atom stereocenters. The average Bonchev–Trinajstić information content (AvgIpc) is 3.07. The molecule has 0 aliphatic carbocycles. The zero-order valence-corrected chi connectivity index (χ0v) is 14.5. The molecule has 2 heterocycles. The number of carbonyl (C=O) groups is 1. The topological polar surface area (TPSA) is 44.4 Å². The molecule has 4 nitrogen and oxygen atoms in total. The van der Waals surface area contributed by atoms with Crippen molar-refractivity contribution in [3.8, 4) is 0 Å². The Labute approximate surface area is 145 Å². The third kappa shape index (κ3) is 5.20. The number of piperidine rings is 1. The first kappa shape index (κ1) is 18.2. The Kier molecular flexibility index (Phi) is 7.34. The van der Waals surface area contributed by atoms with Crippen molar-refractivity contribution in [1.29, 1.82) is 0 Å². The Morgan fingerprint density at radius 3 is 2.48 bits per heavy atom. The fourth-order valence-corrected chi connectivity index (χ4v) is 3.48. The molecule has 5 heteroatoms. The number of halogens is 1. The number of hydrogen-bond donors (Lipinski definition) is 2. The van der Waals surface area contributed by atoms with Gasteiger partial charge in [-0.1, -0.05) is 24.3 Å². The van der Waals surface area contributed by atoms with Crippen LogP contribution in [-0.2, 0) is 17.9 Å². The van der Waals surface area contributed by atoms with Crippen LogP contribution in [-0.4, -0.2) is 37.0 Å². The van der Waals surface area contributed by atoms with Gasteiger partial charge in [-0.25, -0.2) is 0 Å². The summed E-state index contributed by atoms with van der Waals surface area (Å²) >= 11 is 0. The molecular formula is C18H28ClN3O. The summed E-state index contributed by atoms with van der Waals surface area (Å²) in [4.78, 5) is 14.8. The number of likely N-dealkylation sites (tertiary alicyclic amines) is 1. The van der Waals surface area contributed by atoms with E-state index in [0.29, 0.717) is 6.54 Å². The zero-order chi connectivity index (χ0) is 15.2. The summed E-state index contributed by atoms with van der Waals surface area (Å²) < 4.78 is 0. The van der Waals surface area contributed by atoms with Gasteiger partial charge >= 0.3 is 0 Å². The highest BCUT2D eigenvalue weighted by Crippen LogP contribution is 2.17. The van der Waals surface area contributed by atoms with Crippen LogP contribution in [0.25, 0.3) is 0 Å². The molecule has 2 saturated heterocycles. The second-order valence-corrected chi connectivity index (χ2v) is 6.49. The molecule has 0 aromatic heterocycles. The molecule has 2 aliphatic heterocycles. The summed E-state index contributed by atoms with van der Waals surface area (Å²) in [5.41, 5.74) is 2.62. The van der Waals surface area contributed by atoms with Crippen LogP contribution >= 0.6 is 12.4 Å². The van der Waals surface area contributed by atoms with E-state index < -0.39 is 0 Å². The third-order valence-corrected chi connectivity index (χ3v) is 4.87. The summed E-state index contributed by atoms with van der Waals surface area (Å²) in [6.45, 7) is 6.00. The molecule has 0 spiro atoms. The van der Waals surface area contributed by atoms with Crippen LogP contribution in [0.2, 0.25) is 0 Å². The molecule has 1 amide bonds. The molecule has 0 radical (unpaired) electrons. The molecule has 0 saturated carbocycles. The van der Waals surface area contributed by atoms with E-state index in [1.54, 1.807) is 0 Å². The highest BCUT2D eigenvalue weighted by Gasteiger charge is 2.21. The van der Waals surface area contributed by atoms with E-state index in [9.17, 15) is 4.79 Å². The number of carbonyl (C=O) groups excluding carboxylic acids is 1. The predicted octanol–water partition coefficient (Wildman–Crippen LogP) is 2.32. The van der Waals surface area contributed by atoms with E-state index in [4.69, 9.17) is 0 Å². The van der Waals surface area contributed by atoms with E-state index in [1.807, 2.05) is 0 Å². The SMILES string of the molecule is Cl.O=C(NCc1ccccc1CN1CCCC1)C1CCNCC1. The second-order valence-electron chi connectivity index (χ2n) is 6.49. The van der Waals surface area contributed by atoms with Crippen molar-refractivity contribution in [2.24, 2.45) is 5.92 Å². The van der Waals surface area contributed by atoms with E-state index in [1.165, 1.54) is 37.1 Å². The van der Waals surface area contributed by atoms with Gasteiger partial charge in [-0.3, -0.25) is 9.69 Å². The Hall–Kier alpha value is -1.10. The van der Waals surface area contributed by atoms with Gasteiger partial charge in [0.05, 0.1) is 0 Å². The molecule has 0 atom stereocenters. The summed E-state index contributed by atoms with van der Waals surface area (Å²) in [6.07, 6.45) is 4.55. The molecule has 1 aromatic carbocycles. The van der Waals surface area contributed by atoms with E-state index in [2.05, 4.69) is 39.8 Å². The van der Waals surface area contributed by atoms with Gasteiger partial charge < -0.3 is 10.6 Å². The minimum Gasteiger partial charge on any atom is -0.352 e. The van der Waals surface area contributed by atoms with Crippen molar-refractivity contribution in [3.63, 3.8) is 0 Å². The highest BCUT2D eigenvalue weighted by atomic mass is 35.5. The summed E-state index contributed by atoms with van der Waals surface area (Å²) in [5, 5.41) is 6.46. The van der Waals surface area contributed by atoms with Crippen LogP contribution in [0.15, 0.2) is 24.3 Å². The fraction of sp³-hybridized carbons (Fsp3) is 0.611. The van der Waals surface area contributed by atoms with Gasteiger partial charge in [0.1, 0.15) is 0 Å². The molecule has 2 N–H and O–H groups in total. The predicted molar refractivity (Wildman–Crippen MR) is 95.6 cm³/mol. The molecule has 3 rings (SSSR count). The largest absolute Gasteiger partial charge is 0.352 e. The van der Waals surface area contributed by atoms with E-state index in [-0.39, 0.29) is 24.2 Å². The first-order valence-corrected chi connectivity index (χ1v) is 8.60. The van der Waals surface area contributed by atoms with Crippen molar-refractivity contribution in [2.75, 3.05) is 26.2 Å². The lowest BCUT2D eigenvalue weighted by Crippen LogP contribution is -2.38. The van der Waals surface area contributed by atoms with Crippen LogP contribution < -0.4 is 10.6 Å². The highest BCUT2D eigenvalue weighted by molar-refractivity contribution is 5.85. The number of hydrogen-bond acceptors (Lipinski definition) is 3. The molecule has 1 aromatic rings. The lowest BCUT2D eigenvalue weighted by atomic mass is 9.97. The van der Waals surface area contributed by atoms with Crippen LogP contribution in [0.4, 0.5) is 0 Å². The Morgan fingerprint density at radius 2 is 1.78 bits per heavy atom. The normalized spacial score (nSPS) is 19.3. The maximum Gasteiger partial charge on any atom is 0.223 e. The standard InChI is InChI=1S/C18H27N3O.ClH/c22-18(15-7-9-19-10-8-15)20-13-16-5-1-2-6-17(16)14-21-11-3-4-12-21;/h1-2,5-6,15,19H,3-4,7-14H2,(H,20,22);1H. The van der Waals surface area contributed by atoms with Crippen molar-refractivity contribution in [3.05, 3.63) is 35.4 Å². The summed E-state index contributed by atoms with van der Waals surface area (Å²) in [6, 6.07) is 8.52. The Bertz CT molecular complexity index is 497. The van der Waals surface area contributed by atoms with Crippen molar-refractivity contribution < 1.29 is 4.79 Å². The van der Waals surface area contributed by atoms with Crippen LogP contribution in [0.5, 0.6) is 0 Å². The lowest BCUT2D eigenvalue weighted by molar-refractivity contribution is -0.125. The average molecular weight is 338 g/mol. The van der Waals surface area contributed by atoms with E-state index in [0.717, 1.165) is 32.5 Å². The van der Waals surface area contributed by atoms with Gasteiger partial charge in [0.2, 0.25) is 5.91 Å². The van der Waals surface area contributed by atoms with Gasteiger partial charge in [-0.2, -0.15) is 0 Å². The van der Waals surface area contributed by atoms with Crippen molar-refractivity contribution >= 4 is 18.3 Å². The van der Waals surface area contributed by atoms with Gasteiger partial charge in [-0.15, -0.1) is 12.4 Å². The second kappa shape index (κ2) is 9.26. The van der Waals surface area contributed by atoms with Gasteiger partial charge in [0, 0.05) is 19.0 Å².